The normalized spacial score (nSPS) is 8.81. The van der Waals surface area contributed by atoms with E-state index in [1.807, 2.05) is 44.2 Å². The van der Waals surface area contributed by atoms with Gasteiger partial charge in [-0.2, -0.15) is 5.10 Å². The molecule has 1 heterocycles. The van der Waals surface area contributed by atoms with E-state index < -0.39 is 0 Å². The van der Waals surface area contributed by atoms with E-state index in [0.717, 1.165) is 5.69 Å². The Bertz CT molecular complexity index is 479. The Morgan fingerprint density at radius 2 is 1.88 bits per heavy atom. The number of aromatic nitrogens is 2. The molecule has 0 aliphatic carbocycles. The van der Waals surface area contributed by atoms with Gasteiger partial charge in [0.05, 0.1) is 12.3 Å². The van der Waals surface area contributed by atoms with Crippen LogP contribution in [0.25, 0.3) is 10.5 Å². The maximum atomic E-state index is 6.85. The van der Waals surface area contributed by atoms with Gasteiger partial charge in [0.25, 0.3) is 0 Å². The third-order valence-electron chi connectivity index (χ3n) is 1.86. The lowest BCUT2D eigenvalue weighted by Crippen LogP contribution is -1.95. The molecule has 0 bridgehead atoms. The van der Waals surface area contributed by atoms with Crippen molar-refractivity contribution in [3.05, 3.63) is 47.9 Å². The van der Waals surface area contributed by atoms with E-state index in [9.17, 15) is 0 Å². The van der Waals surface area contributed by atoms with Crippen LogP contribution >= 0.6 is 0 Å². The van der Waals surface area contributed by atoms with Crippen LogP contribution in [-0.4, -0.2) is 9.78 Å². The average Bonchev–Trinajstić information content (AvgIpc) is 2.74. The fraction of sp³-hybridized carbons (Fsp3) is 0.167. The van der Waals surface area contributed by atoms with Crippen molar-refractivity contribution in [2.45, 2.75) is 13.8 Å². The number of benzene rings is 1. The number of para-hydroxylation sites is 1. The van der Waals surface area contributed by atoms with Crippen LogP contribution in [-0.2, 0) is 0 Å². The van der Waals surface area contributed by atoms with Crippen LogP contribution in [0.4, 0.5) is 11.5 Å². The monoisotopic (exact) mass is 214 g/mol. The lowest BCUT2D eigenvalue weighted by atomic mass is 10.3. The maximum Gasteiger partial charge on any atom is 0.247 e. The summed E-state index contributed by atoms with van der Waals surface area (Å²) >= 11 is 0. The molecule has 0 saturated heterocycles. The lowest BCUT2D eigenvalue weighted by molar-refractivity contribution is 0.886. The summed E-state index contributed by atoms with van der Waals surface area (Å²) in [6.07, 6.45) is 1.62. The van der Waals surface area contributed by atoms with E-state index in [2.05, 4.69) is 9.94 Å². The first-order valence-electron chi connectivity index (χ1n) is 5.09. The van der Waals surface area contributed by atoms with Gasteiger partial charge >= 0.3 is 0 Å². The van der Waals surface area contributed by atoms with Crippen molar-refractivity contribution in [2.75, 3.05) is 5.73 Å². The molecule has 1 aromatic heterocycles. The molecule has 0 aliphatic rings. The molecule has 2 N–H and O–H groups in total. The molecule has 0 amide bonds. The number of anilines is 1. The third kappa shape index (κ3) is 2.39. The van der Waals surface area contributed by atoms with E-state index in [4.69, 9.17) is 12.3 Å². The topological polar surface area (TPSA) is 48.2 Å². The maximum absolute atomic E-state index is 6.85. The fourth-order valence-electron chi connectivity index (χ4n) is 1.18. The van der Waals surface area contributed by atoms with Crippen molar-refractivity contribution in [1.82, 2.24) is 9.78 Å². The van der Waals surface area contributed by atoms with Crippen LogP contribution in [0.1, 0.15) is 13.8 Å². The molecule has 1 aromatic carbocycles. The molecule has 4 heteroatoms. The zero-order valence-electron chi connectivity index (χ0n) is 9.38. The van der Waals surface area contributed by atoms with E-state index in [0.29, 0.717) is 5.69 Å². The molecular weight excluding hydrogens is 200 g/mol. The van der Waals surface area contributed by atoms with Gasteiger partial charge in [-0.15, -0.1) is 0 Å². The first kappa shape index (κ1) is 11.8. The largest absolute Gasteiger partial charge is 0.391 e. The van der Waals surface area contributed by atoms with Gasteiger partial charge in [0.15, 0.2) is 5.82 Å². The highest BCUT2D eigenvalue weighted by atomic mass is 15.3. The van der Waals surface area contributed by atoms with Gasteiger partial charge in [-0.1, -0.05) is 32.0 Å². The van der Waals surface area contributed by atoms with Gasteiger partial charge < -0.3 is 5.73 Å². The van der Waals surface area contributed by atoms with E-state index in [1.165, 1.54) is 0 Å². The van der Waals surface area contributed by atoms with Gasteiger partial charge in [0, 0.05) is 6.20 Å². The molecule has 4 nitrogen and oxygen atoms in total. The van der Waals surface area contributed by atoms with Crippen LogP contribution in [0.2, 0.25) is 0 Å². The number of hydrogen-bond acceptors (Lipinski definition) is 2. The summed E-state index contributed by atoms with van der Waals surface area (Å²) in [6, 6.07) is 9.54. The second-order valence-corrected chi connectivity index (χ2v) is 2.79. The molecule has 0 saturated carbocycles. The highest BCUT2D eigenvalue weighted by Crippen LogP contribution is 2.21. The summed E-state index contributed by atoms with van der Waals surface area (Å²) in [7, 11) is 0. The quantitative estimate of drug-likeness (QED) is 0.742. The minimum atomic E-state index is 0.267. The van der Waals surface area contributed by atoms with E-state index >= 15 is 0 Å². The minimum Gasteiger partial charge on any atom is -0.391 e. The molecule has 2 rings (SSSR count). The second-order valence-electron chi connectivity index (χ2n) is 2.79. The van der Waals surface area contributed by atoms with Crippen LogP contribution in [0.3, 0.4) is 0 Å². The molecule has 82 valence electrons. The molecule has 0 aliphatic heterocycles. The first-order valence-corrected chi connectivity index (χ1v) is 5.09. The number of nitrogens with zero attached hydrogens (tertiary/aromatic N) is 3. The summed E-state index contributed by atoms with van der Waals surface area (Å²) in [4.78, 5) is 3.26. The van der Waals surface area contributed by atoms with Crippen molar-refractivity contribution in [3.8, 4) is 5.69 Å². The predicted molar refractivity (Wildman–Crippen MR) is 65.6 cm³/mol. The minimum absolute atomic E-state index is 0.267. The number of rotatable bonds is 1. The number of nitrogens with two attached hydrogens (primary N) is 1. The van der Waals surface area contributed by atoms with Gasteiger partial charge in [0.1, 0.15) is 0 Å². The zero-order chi connectivity index (χ0) is 12.0. The van der Waals surface area contributed by atoms with Crippen LogP contribution in [0, 0.1) is 6.57 Å². The molecule has 0 fully saturated rings. The highest BCUT2D eigenvalue weighted by Gasteiger charge is 2.05. The Labute approximate surface area is 95.1 Å². The molecule has 0 atom stereocenters. The summed E-state index contributed by atoms with van der Waals surface area (Å²) in [5, 5.41) is 4.03. The number of hydrogen-bond donors (Lipinski definition) is 1. The Balaban J connectivity index is 0.000000606. The summed E-state index contributed by atoms with van der Waals surface area (Å²) in [5.74, 6) is 0.267. The Morgan fingerprint density at radius 1 is 1.25 bits per heavy atom. The highest BCUT2D eigenvalue weighted by molar-refractivity contribution is 5.62. The predicted octanol–water partition coefficient (Wildman–Crippen LogP) is 3.03. The van der Waals surface area contributed by atoms with Crippen LogP contribution < -0.4 is 5.73 Å². The Morgan fingerprint density at radius 3 is 2.38 bits per heavy atom. The van der Waals surface area contributed by atoms with Crippen molar-refractivity contribution in [1.29, 1.82) is 0 Å². The van der Waals surface area contributed by atoms with Crippen LogP contribution in [0.15, 0.2) is 36.5 Å². The summed E-state index contributed by atoms with van der Waals surface area (Å²) in [6.45, 7) is 10.9. The van der Waals surface area contributed by atoms with Gasteiger partial charge in [-0.25, -0.2) is 4.85 Å². The smallest absolute Gasteiger partial charge is 0.247 e. The molecule has 0 unspecified atom stereocenters. The molecule has 0 radical (unpaired) electrons. The average molecular weight is 214 g/mol. The van der Waals surface area contributed by atoms with Gasteiger partial charge in [-0.3, -0.25) is 4.68 Å². The summed E-state index contributed by atoms with van der Waals surface area (Å²) in [5.41, 5.74) is 6.82. The van der Waals surface area contributed by atoms with Crippen LogP contribution in [0.5, 0.6) is 0 Å². The van der Waals surface area contributed by atoms with E-state index in [1.54, 1.807) is 10.9 Å². The fourth-order valence-corrected chi connectivity index (χ4v) is 1.18. The first-order chi connectivity index (χ1) is 7.81. The van der Waals surface area contributed by atoms with E-state index in [-0.39, 0.29) is 5.82 Å². The molecule has 0 spiro atoms. The second kappa shape index (κ2) is 5.56. The van der Waals surface area contributed by atoms with Gasteiger partial charge in [-0.05, 0) is 12.1 Å². The van der Waals surface area contributed by atoms with Crippen molar-refractivity contribution >= 4 is 11.5 Å². The summed E-state index contributed by atoms with van der Waals surface area (Å²) < 4.78 is 1.60. The molecular formula is C12H14N4. The molecule has 16 heavy (non-hydrogen) atoms. The number of nitrogen functional groups attached to an aromatic ring is 1. The molecule has 2 aromatic rings. The van der Waals surface area contributed by atoms with Crippen molar-refractivity contribution in [2.24, 2.45) is 0 Å². The third-order valence-corrected chi connectivity index (χ3v) is 1.86. The Kier molecular flexibility index (Phi) is 4.10. The standard InChI is InChI=1S/C10H8N4.C2H6/c1-12-9-7-14(13-10(9)11)8-5-3-2-4-6-8;1-2/h2-7H,(H2,11,13);1-2H3. The van der Waals surface area contributed by atoms with Crippen molar-refractivity contribution in [3.63, 3.8) is 0 Å². The zero-order valence-corrected chi connectivity index (χ0v) is 9.38. The van der Waals surface area contributed by atoms with Gasteiger partial charge in [0.2, 0.25) is 5.69 Å². The SMILES string of the molecule is CC.[C-]#[N+]c1cn(-c2ccccc2)nc1N. The van der Waals surface area contributed by atoms with Crippen molar-refractivity contribution < 1.29 is 0 Å². The Hall–Kier alpha value is -2.28. The lowest BCUT2D eigenvalue weighted by Gasteiger charge is -1.98.